The molecule has 3 atom stereocenters. The number of nitrogens with zero attached hydrogens (tertiary/aromatic N) is 1. The lowest BCUT2D eigenvalue weighted by atomic mass is 10.1. The van der Waals surface area contributed by atoms with Crippen molar-refractivity contribution in [1.29, 1.82) is 0 Å². The van der Waals surface area contributed by atoms with Crippen molar-refractivity contribution in [2.75, 3.05) is 45.3 Å². The Kier molecular flexibility index (Phi) is 12.7. The van der Waals surface area contributed by atoms with E-state index in [0.29, 0.717) is 12.2 Å². The number of likely N-dealkylation sites (N-methyl/N-ethyl adjacent to an activating group) is 1. The Bertz CT molecular complexity index is 677. The molecule has 0 radical (unpaired) electrons. The fourth-order valence-electron chi connectivity index (χ4n) is 3.28. The number of hydrogen-bond donors (Lipinski definition) is 4. The van der Waals surface area contributed by atoms with Crippen LogP contribution in [-0.2, 0) is 28.7 Å². The molecule has 0 aliphatic carbocycles. The lowest BCUT2D eigenvalue weighted by Crippen LogP contribution is -2.55. The van der Waals surface area contributed by atoms with E-state index in [1.54, 1.807) is 11.8 Å². The third kappa shape index (κ3) is 9.43. The molecule has 12 heteroatoms. The monoisotopic (exact) mass is 473 g/mol. The van der Waals surface area contributed by atoms with Gasteiger partial charge >= 0.3 is 5.97 Å². The van der Waals surface area contributed by atoms with E-state index in [9.17, 15) is 24.0 Å². The van der Waals surface area contributed by atoms with E-state index in [-0.39, 0.29) is 25.0 Å². The SMILES string of the molecule is CCN1CCC[C@H]1C(=O)N[C@@H](CCSC)C(=O)N[C@@H](C)C(=O)NCC(=O)NCC(=O)OC. The number of carbonyl (C=O) groups is 5. The summed E-state index contributed by atoms with van der Waals surface area (Å²) in [6.07, 6.45) is 4.04. The minimum absolute atomic E-state index is 0.176. The first-order chi connectivity index (χ1) is 15.2. The zero-order valence-electron chi connectivity index (χ0n) is 19.2. The lowest BCUT2D eigenvalue weighted by molar-refractivity contribution is -0.141. The van der Waals surface area contributed by atoms with Gasteiger partial charge in [0.15, 0.2) is 0 Å². The van der Waals surface area contributed by atoms with E-state index in [2.05, 4.69) is 30.9 Å². The highest BCUT2D eigenvalue weighted by Gasteiger charge is 2.32. The molecule has 32 heavy (non-hydrogen) atoms. The van der Waals surface area contributed by atoms with Crippen LogP contribution in [0.5, 0.6) is 0 Å². The first-order valence-electron chi connectivity index (χ1n) is 10.7. The highest BCUT2D eigenvalue weighted by atomic mass is 32.2. The second kappa shape index (κ2) is 14.7. The summed E-state index contributed by atoms with van der Waals surface area (Å²) in [6.45, 7) is 4.47. The Morgan fingerprint density at radius 2 is 1.81 bits per heavy atom. The van der Waals surface area contributed by atoms with Crippen LogP contribution in [0.2, 0.25) is 0 Å². The molecule has 0 unspecified atom stereocenters. The van der Waals surface area contributed by atoms with E-state index >= 15 is 0 Å². The van der Waals surface area contributed by atoms with E-state index < -0.39 is 35.8 Å². The van der Waals surface area contributed by atoms with E-state index in [0.717, 1.165) is 25.9 Å². The molecule has 1 saturated heterocycles. The minimum atomic E-state index is -0.914. The molecule has 1 fully saturated rings. The van der Waals surface area contributed by atoms with Crippen molar-refractivity contribution in [3.63, 3.8) is 0 Å². The molecule has 11 nitrogen and oxygen atoms in total. The number of esters is 1. The molecule has 182 valence electrons. The Balaban J connectivity index is 2.56. The summed E-state index contributed by atoms with van der Waals surface area (Å²) in [5.41, 5.74) is 0. The Labute approximate surface area is 193 Å². The molecular formula is C20H35N5O6S. The number of amides is 4. The number of methoxy groups -OCH3 is 1. The van der Waals surface area contributed by atoms with Gasteiger partial charge in [-0.1, -0.05) is 6.92 Å². The molecule has 1 aliphatic rings. The van der Waals surface area contributed by atoms with Crippen LogP contribution in [0, 0.1) is 0 Å². The normalized spacial score (nSPS) is 17.7. The Morgan fingerprint density at radius 3 is 2.44 bits per heavy atom. The predicted octanol–water partition coefficient (Wildman–Crippen LogP) is -1.38. The van der Waals surface area contributed by atoms with Gasteiger partial charge in [0.2, 0.25) is 23.6 Å². The number of carbonyl (C=O) groups excluding carboxylic acids is 5. The number of nitrogens with one attached hydrogen (secondary N) is 4. The second-order valence-electron chi connectivity index (χ2n) is 7.43. The minimum Gasteiger partial charge on any atom is -0.468 e. The second-order valence-corrected chi connectivity index (χ2v) is 8.42. The molecule has 1 rings (SSSR count). The molecular weight excluding hydrogens is 438 g/mol. The first-order valence-corrected chi connectivity index (χ1v) is 12.1. The Hall–Kier alpha value is -2.34. The van der Waals surface area contributed by atoms with Gasteiger partial charge in [0.25, 0.3) is 0 Å². The molecule has 1 aliphatic heterocycles. The largest absolute Gasteiger partial charge is 0.468 e. The maximum absolute atomic E-state index is 12.8. The number of likely N-dealkylation sites (tertiary alicyclic amines) is 1. The van der Waals surface area contributed by atoms with Crippen molar-refractivity contribution in [2.45, 2.75) is 51.2 Å². The third-order valence-corrected chi connectivity index (χ3v) is 5.79. The average Bonchev–Trinajstić information content (AvgIpc) is 3.27. The number of ether oxygens (including phenoxy) is 1. The third-order valence-electron chi connectivity index (χ3n) is 5.15. The molecule has 0 saturated carbocycles. The Morgan fingerprint density at radius 1 is 1.09 bits per heavy atom. The summed E-state index contributed by atoms with van der Waals surface area (Å²) in [4.78, 5) is 62.5. The van der Waals surface area contributed by atoms with E-state index in [1.165, 1.54) is 14.0 Å². The van der Waals surface area contributed by atoms with Gasteiger partial charge in [-0.15, -0.1) is 0 Å². The van der Waals surface area contributed by atoms with Crippen LogP contribution in [0.3, 0.4) is 0 Å². The zero-order chi connectivity index (χ0) is 24.1. The van der Waals surface area contributed by atoms with Gasteiger partial charge in [0, 0.05) is 0 Å². The number of hydrogen-bond acceptors (Lipinski definition) is 8. The average molecular weight is 474 g/mol. The van der Waals surface area contributed by atoms with Crippen LogP contribution < -0.4 is 21.3 Å². The van der Waals surface area contributed by atoms with Gasteiger partial charge in [-0.3, -0.25) is 28.9 Å². The van der Waals surface area contributed by atoms with Crippen LogP contribution in [-0.4, -0.2) is 97.9 Å². The van der Waals surface area contributed by atoms with Crippen LogP contribution in [0.15, 0.2) is 0 Å². The van der Waals surface area contributed by atoms with Crippen molar-refractivity contribution >= 4 is 41.4 Å². The standard InChI is InChI=1S/C20H35N5O6S/c1-5-25-9-6-7-15(25)20(30)24-14(8-10-32-4)19(29)23-13(2)18(28)22-11-16(26)21-12-17(27)31-3/h13-15H,5-12H2,1-4H3,(H,21,26)(H,22,28)(H,23,29)(H,24,30)/t13-,14-,15-/m0/s1. The fourth-order valence-corrected chi connectivity index (χ4v) is 3.75. The molecule has 0 bridgehead atoms. The number of rotatable bonds is 13. The molecule has 1 heterocycles. The number of thioether (sulfide) groups is 1. The summed E-state index contributed by atoms with van der Waals surface area (Å²) >= 11 is 1.56. The molecule has 4 amide bonds. The van der Waals surface area contributed by atoms with Crippen LogP contribution in [0.25, 0.3) is 0 Å². The van der Waals surface area contributed by atoms with Crippen LogP contribution >= 0.6 is 11.8 Å². The van der Waals surface area contributed by atoms with Gasteiger partial charge < -0.3 is 26.0 Å². The van der Waals surface area contributed by atoms with Gasteiger partial charge in [-0.2, -0.15) is 11.8 Å². The summed E-state index contributed by atoms with van der Waals surface area (Å²) in [6, 6.07) is -1.91. The van der Waals surface area contributed by atoms with Crippen LogP contribution in [0.1, 0.15) is 33.1 Å². The quantitative estimate of drug-likeness (QED) is 0.239. The molecule has 4 N–H and O–H groups in total. The van der Waals surface area contributed by atoms with E-state index in [1.807, 2.05) is 13.2 Å². The van der Waals surface area contributed by atoms with Crippen molar-refractivity contribution < 1.29 is 28.7 Å². The summed E-state index contributed by atoms with van der Waals surface area (Å²) in [5.74, 6) is -1.69. The van der Waals surface area contributed by atoms with Gasteiger partial charge in [-0.05, 0) is 51.3 Å². The fraction of sp³-hybridized carbons (Fsp3) is 0.750. The van der Waals surface area contributed by atoms with Gasteiger partial charge in [0.1, 0.15) is 18.6 Å². The van der Waals surface area contributed by atoms with Crippen molar-refractivity contribution in [1.82, 2.24) is 26.2 Å². The van der Waals surface area contributed by atoms with Gasteiger partial charge in [0.05, 0.1) is 19.7 Å². The predicted molar refractivity (Wildman–Crippen MR) is 121 cm³/mol. The van der Waals surface area contributed by atoms with Gasteiger partial charge in [-0.25, -0.2) is 0 Å². The summed E-state index contributed by atoms with van der Waals surface area (Å²) < 4.78 is 4.41. The zero-order valence-corrected chi connectivity index (χ0v) is 20.0. The molecule has 0 aromatic rings. The molecule has 0 spiro atoms. The summed E-state index contributed by atoms with van der Waals surface area (Å²) in [5, 5.41) is 10.1. The summed E-state index contributed by atoms with van der Waals surface area (Å²) in [7, 11) is 1.20. The molecule has 0 aromatic heterocycles. The van der Waals surface area contributed by atoms with Crippen molar-refractivity contribution in [2.24, 2.45) is 0 Å². The highest BCUT2D eigenvalue weighted by Crippen LogP contribution is 2.17. The maximum atomic E-state index is 12.8. The lowest BCUT2D eigenvalue weighted by Gasteiger charge is -2.26. The maximum Gasteiger partial charge on any atom is 0.325 e. The highest BCUT2D eigenvalue weighted by molar-refractivity contribution is 7.98. The van der Waals surface area contributed by atoms with Crippen LogP contribution in [0.4, 0.5) is 0 Å². The van der Waals surface area contributed by atoms with Crippen molar-refractivity contribution in [3.8, 4) is 0 Å². The smallest absolute Gasteiger partial charge is 0.325 e. The first kappa shape index (κ1) is 27.7. The topological polar surface area (TPSA) is 146 Å². The van der Waals surface area contributed by atoms with E-state index in [4.69, 9.17) is 0 Å². The van der Waals surface area contributed by atoms with Crippen molar-refractivity contribution in [3.05, 3.63) is 0 Å². The molecule has 0 aromatic carbocycles.